The van der Waals surface area contributed by atoms with Crippen molar-refractivity contribution in [3.05, 3.63) is 34.6 Å². The average molecular weight is 276 g/mol. The van der Waals surface area contributed by atoms with Crippen LogP contribution in [0.25, 0.3) is 0 Å². The largest absolute Gasteiger partial charge is 0.372 e. The van der Waals surface area contributed by atoms with Crippen molar-refractivity contribution in [3.8, 4) is 0 Å². The van der Waals surface area contributed by atoms with E-state index in [-0.39, 0.29) is 6.10 Å². The van der Waals surface area contributed by atoms with Crippen molar-refractivity contribution < 1.29 is 9.13 Å². The predicted octanol–water partition coefficient (Wildman–Crippen LogP) is 2.68. The Morgan fingerprint density at radius 1 is 1.67 bits per heavy atom. The monoisotopic (exact) mass is 275 g/mol. The van der Waals surface area contributed by atoms with Crippen LogP contribution < -0.4 is 5.32 Å². The van der Waals surface area contributed by atoms with E-state index in [2.05, 4.69) is 34.4 Å². The Morgan fingerprint density at radius 3 is 2.80 bits per heavy atom. The molecule has 4 heteroatoms. The van der Waals surface area contributed by atoms with Gasteiger partial charge in [0.25, 0.3) is 0 Å². The summed E-state index contributed by atoms with van der Waals surface area (Å²) in [6.45, 7) is 8.29. The van der Waals surface area contributed by atoms with Gasteiger partial charge in [-0.1, -0.05) is 29.1 Å². The van der Waals surface area contributed by atoms with E-state index >= 15 is 0 Å². The lowest BCUT2D eigenvalue weighted by molar-refractivity contribution is 0.0692. The Balaban J connectivity index is 3.05. The summed E-state index contributed by atoms with van der Waals surface area (Å²) in [5.41, 5.74) is 1.39. The molecular formula is C11H15BrFNO. The molecule has 0 saturated carbocycles. The number of allylic oxidation sites excluding steroid dienone is 1. The summed E-state index contributed by atoms with van der Waals surface area (Å²) in [7, 11) is 1.80. The van der Waals surface area contributed by atoms with Gasteiger partial charge < -0.3 is 10.1 Å². The summed E-state index contributed by atoms with van der Waals surface area (Å²) in [4.78, 5) is 0. The molecule has 84 valence electrons. The lowest BCUT2D eigenvalue weighted by Crippen LogP contribution is -2.32. The highest BCUT2D eigenvalue weighted by Gasteiger charge is 2.26. The maximum Gasteiger partial charge on any atom is 0.122 e. The van der Waals surface area contributed by atoms with E-state index in [0.29, 0.717) is 29.6 Å². The zero-order valence-electron chi connectivity index (χ0n) is 8.78. The van der Waals surface area contributed by atoms with E-state index in [1.807, 2.05) is 0 Å². The van der Waals surface area contributed by atoms with Crippen LogP contribution in [0, 0.1) is 0 Å². The third-order valence-corrected chi connectivity index (χ3v) is 2.81. The lowest BCUT2D eigenvalue weighted by Gasteiger charge is -2.27. The van der Waals surface area contributed by atoms with Crippen molar-refractivity contribution in [1.29, 1.82) is 0 Å². The van der Waals surface area contributed by atoms with E-state index in [4.69, 9.17) is 4.74 Å². The van der Waals surface area contributed by atoms with E-state index in [1.54, 1.807) is 7.05 Å². The Kier molecular flexibility index (Phi) is 4.70. The summed E-state index contributed by atoms with van der Waals surface area (Å²) in [6, 6.07) is 0. The molecule has 0 amide bonds. The molecule has 1 unspecified atom stereocenters. The minimum absolute atomic E-state index is 0.273. The van der Waals surface area contributed by atoms with Crippen LogP contribution in [0.15, 0.2) is 34.6 Å². The van der Waals surface area contributed by atoms with Crippen molar-refractivity contribution in [3.63, 3.8) is 0 Å². The number of hydrogen-bond acceptors (Lipinski definition) is 2. The van der Waals surface area contributed by atoms with Gasteiger partial charge in [0.15, 0.2) is 0 Å². The molecule has 0 bridgehead atoms. The number of hydrogen-bond donors (Lipinski definition) is 1. The van der Waals surface area contributed by atoms with Gasteiger partial charge in [0.05, 0.1) is 12.7 Å². The number of nitrogens with one attached hydrogen (secondary N) is 1. The predicted molar refractivity (Wildman–Crippen MR) is 63.6 cm³/mol. The zero-order valence-corrected chi connectivity index (χ0v) is 10.4. The first-order chi connectivity index (χ1) is 7.07. The van der Waals surface area contributed by atoms with Gasteiger partial charge in [-0.05, 0) is 19.0 Å². The molecule has 0 spiro atoms. The van der Waals surface area contributed by atoms with Crippen molar-refractivity contribution >= 4 is 15.9 Å². The van der Waals surface area contributed by atoms with Crippen LogP contribution in [0.3, 0.4) is 0 Å². The third-order valence-electron chi connectivity index (χ3n) is 2.33. The third kappa shape index (κ3) is 3.00. The SMILES string of the molecule is C=C(F)C1=C(C(=C)Br)CCOC1CNC. The van der Waals surface area contributed by atoms with Gasteiger partial charge in [-0.15, -0.1) is 0 Å². The van der Waals surface area contributed by atoms with Crippen molar-refractivity contribution in [2.75, 3.05) is 20.2 Å². The van der Waals surface area contributed by atoms with Crippen molar-refractivity contribution in [2.24, 2.45) is 0 Å². The lowest BCUT2D eigenvalue weighted by atomic mass is 9.96. The fourth-order valence-electron chi connectivity index (χ4n) is 1.68. The molecule has 0 aromatic carbocycles. The van der Waals surface area contributed by atoms with Gasteiger partial charge in [-0.25, -0.2) is 4.39 Å². The van der Waals surface area contributed by atoms with E-state index in [9.17, 15) is 4.39 Å². The summed E-state index contributed by atoms with van der Waals surface area (Å²) < 4.78 is 19.5. The Bertz CT molecular complexity index is 312. The highest BCUT2D eigenvalue weighted by molar-refractivity contribution is 9.11. The molecule has 1 heterocycles. The topological polar surface area (TPSA) is 21.3 Å². The van der Waals surface area contributed by atoms with Crippen LogP contribution in [0.4, 0.5) is 4.39 Å². The molecule has 1 atom stereocenters. The van der Waals surface area contributed by atoms with Crippen LogP contribution in [0.5, 0.6) is 0 Å². The number of rotatable bonds is 4. The second-order valence-electron chi connectivity index (χ2n) is 3.37. The molecule has 1 rings (SSSR count). The van der Waals surface area contributed by atoms with Gasteiger partial charge in [-0.2, -0.15) is 0 Å². The zero-order chi connectivity index (χ0) is 11.4. The fourth-order valence-corrected chi connectivity index (χ4v) is 2.09. The molecule has 15 heavy (non-hydrogen) atoms. The summed E-state index contributed by atoms with van der Waals surface area (Å²) >= 11 is 3.29. The van der Waals surface area contributed by atoms with Gasteiger partial charge in [0, 0.05) is 16.6 Å². The highest BCUT2D eigenvalue weighted by Crippen LogP contribution is 2.33. The maximum atomic E-state index is 13.3. The molecule has 0 aromatic rings. The molecule has 1 N–H and O–H groups in total. The van der Waals surface area contributed by atoms with Crippen molar-refractivity contribution in [1.82, 2.24) is 5.32 Å². The second-order valence-corrected chi connectivity index (χ2v) is 4.33. The Morgan fingerprint density at radius 2 is 2.33 bits per heavy atom. The minimum Gasteiger partial charge on any atom is -0.372 e. The molecule has 0 aromatic heterocycles. The normalized spacial score (nSPS) is 21.7. The first-order valence-corrected chi connectivity index (χ1v) is 5.56. The van der Waals surface area contributed by atoms with Gasteiger partial charge in [0.2, 0.25) is 0 Å². The molecular weight excluding hydrogens is 261 g/mol. The number of ether oxygens (including phenoxy) is 1. The number of likely N-dealkylation sites (N-methyl/N-ethyl adjacent to an activating group) is 1. The minimum atomic E-state index is -0.439. The molecule has 2 nitrogen and oxygen atoms in total. The van der Waals surface area contributed by atoms with Crippen LogP contribution >= 0.6 is 15.9 Å². The van der Waals surface area contributed by atoms with Crippen LogP contribution in [0.1, 0.15) is 6.42 Å². The molecule has 0 saturated heterocycles. The second kappa shape index (κ2) is 5.58. The van der Waals surface area contributed by atoms with Crippen LogP contribution in [-0.2, 0) is 4.74 Å². The maximum absolute atomic E-state index is 13.3. The standard InChI is InChI=1S/C11H15BrFNO/c1-7(12)9-4-5-15-10(6-14-3)11(9)8(2)13/h10,14H,1-2,4-6H2,3H3. The van der Waals surface area contributed by atoms with Gasteiger partial charge >= 0.3 is 0 Å². The first-order valence-electron chi connectivity index (χ1n) is 4.76. The van der Waals surface area contributed by atoms with Crippen molar-refractivity contribution in [2.45, 2.75) is 12.5 Å². The quantitative estimate of drug-likeness (QED) is 0.852. The van der Waals surface area contributed by atoms with Crippen LogP contribution in [0.2, 0.25) is 0 Å². The Labute approximate surface area is 98.0 Å². The Hall–Kier alpha value is -0.450. The summed E-state index contributed by atoms with van der Waals surface area (Å²) in [5, 5.41) is 2.97. The molecule has 0 radical (unpaired) electrons. The van der Waals surface area contributed by atoms with E-state index in [1.165, 1.54) is 0 Å². The number of halogens is 2. The smallest absolute Gasteiger partial charge is 0.122 e. The van der Waals surface area contributed by atoms with E-state index < -0.39 is 5.83 Å². The molecule has 1 aliphatic heterocycles. The van der Waals surface area contributed by atoms with Gasteiger partial charge in [0.1, 0.15) is 5.83 Å². The van der Waals surface area contributed by atoms with Gasteiger partial charge in [-0.3, -0.25) is 0 Å². The van der Waals surface area contributed by atoms with Crippen LogP contribution in [-0.4, -0.2) is 26.3 Å². The fraction of sp³-hybridized carbons (Fsp3) is 0.455. The summed E-state index contributed by atoms with van der Waals surface area (Å²) in [6.07, 6.45) is 0.397. The molecule has 1 aliphatic rings. The van der Waals surface area contributed by atoms with E-state index in [0.717, 1.165) is 5.57 Å². The molecule has 0 aliphatic carbocycles. The molecule has 0 fully saturated rings. The average Bonchev–Trinajstić information content (AvgIpc) is 2.17. The summed E-state index contributed by atoms with van der Waals surface area (Å²) in [5.74, 6) is -0.439. The highest BCUT2D eigenvalue weighted by atomic mass is 79.9. The first kappa shape index (κ1) is 12.6.